The summed E-state index contributed by atoms with van der Waals surface area (Å²) in [7, 11) is 2.45. The molecule has 0 atom stereocenters. The monoisotopic (exact) mass is 404 g/mol. The third-order valence-electron chi connectivity index (χ3n) is 3.90. The Morgan fingerprint density at radius 1 is 1.00 bits per heavy atom. The molecule has 148 valence electrons. The van der Waals surface area contributed by atoms with E-state index in [1.54, 1.807) is 31.2 Å². The van der Waals surface area contributed by atoms with Gasteiger partial charge < -0.3 is 20.1 Å². The van der Waals surface area contributed by atoms with Crippen LogP contribution < -0.4 is 10.6 Å². The highest BCUT2D eigenvalue weighted by Gasteiger charge is 2.26. The molecule has 0 radical (unpaired) electrons. The number of esters is 2. The highest BCUT2D eigenvalue weighted by atomic mass is 32.1. The van der Waals surface area contributed by atoms with Crippen LogP contribution in [-0.2, 0) is 14.3 Å². The van der Waals surface area contributed by atoms with E-state index in [0.717, 1.165) is 11.3 Å². The molecule has 0 spiro atoms. The fraction of sp³-hybridized carbons (Fsp3) is 0.263. The molecule has 2 rings (SSSR count). The quantitative estimate of drug-likeness (QED) is 0.539. The molecule has 0 aliphatic carbocycles. The maximum atomic E-state index is 12.3. The number of hydrogen-bond acceptors (Lipinski definition) is 8. The molecule has 0 fully saturated rings. The maximum Gasteiger partial charge on any atom is 0.348 e. The van der Waals surface area contributed by atoms with Gasteiger partial charge in [0, 0.05) is 11.3 Å². The molecule has 2 aromatic rings. The van der Waals surface area contributed by atoms with Crippen LogP contribution in [0.3, 0.4) is 0 Å². The molecule has 1 aromatic heterocycles. The molecule has 28 heavy (non-hydrogen) atoms. The van der Waals surface area contributed by atoms with E-state index in [0.29, 0.717) is 16.8 Å². The predicted molar refractivity (Wildman–Crippen MR) is 105 cm³/mol. The third-order valence-corrected chi connectivity index (χ3v) is 5.09. The summed E-state index contributed by atoms with van der Waals surface area (Å²) in [5, 5.41) is 5.75. The average Bonchev–Trinajstić information content (AvgIpc) is 3.01. The van der Waals surface area contributed by atoms with Crippen LogP contribution in [0.15, 0.2) is 24.3 Å². The Morgan fingerprint density at radius 2 is 1.61 bits per heavy atom. The van der Waals surface area contributed by atoms with E-state index < -0.39 is 17.8 Å². The molecule has 0 aliphatic rings. The fourth-order valence-corrected chi connectivity index (χ4v) is 3.54. The molecule has 1 amide bonds. The van der Waals surface area contributed by atoms with Gasteiger partial charge in [-0.3, -0.25) is 9.59 Å². The van der Waals surface area contributed by atoms with Crippen LogP contribution in [0.2, 0.25) is 0 Å². The standard InChI is InChI=1S/C19H20N2O6S/c1-10-15(18(24)26-3)17(28-16(10)19(25)27-4)21-14(23)9-20-13-7-5-12(6-8-13)11(2)22/h5-8,20H,9H2,1-4H3,(H,21,23). The fourth-order valence-electron chi connectivity index (χ4n) is 2.41. The first kappa shape index (κ1) is 21.1. The summed E-state index contributed by atoms with van der Waals surface area (Å²) in [4.78, 5) is 47.7. The number of Topliss-reactive ketones (excluding diaryl/α,β-unsaturated/α-hetero) is 1. The van der Waals surface area contributed by atoms with Crippen molar-refractivity contribution in [1.29, 1.82) is 0 Å². The second-order valence-electron chi connectivity index (χ2n) is 5.78. The highest BCUT2D eigenvalue weighted by Crippen LogP contribution is 2.34. The number of ether oxygens (including phenoxy) is 2. The molecule has 0 saturated carbocycles. The van der Waals surface area contributed by atoms with Crippen LogP contribution in [0.4, 0.5) is 10.7 Å². The van der Waals surface area contributed by atoms with Gasteiger partial charge in [0.05, 0.1) is 26.3 Å². The summed E-state index contributed by atoms with van der Waals surface area (Å²) in [6.45, 7) is 2.98. The summed E-state index contributed by atoms with van der Waals surface area (Å²) in [5.74, 6) is -1.73. The lowest BCUT2D eigenvalue weighted by molar-refractivity contribution is -0.114. The van der Waals surface area contributed by atoms with Crippen molar-refractivity contribution in [3.8, 4) is 0 Å². The summed E-state index contributed by atoms with van der Waals surface area (Å²) in [5.41, 5.74) is 1.73. The Hall–Kier alpha value is -3.20. The zero-order chi connectivity index (χ0) is 20.8. The number of thiophene rings is 1. The third kappa shape index (κ3) is 4.74. The molecule has 9 heteroatoms. The first-order valence-corrected chi connectivity index (χ1v) is 9.04. The highest BCUT2D eigenvalue weighted by molar-refractivity contribution is 7.18. The van der Waals surface area contributed by atoms with E-state index in [4.69, 9.17) is 9.47 Å². The van der Waals surface area contributed by atoms with Crippen LogP contribution in [0, 0.1) is 6.92 Å². The van der Waals surface area contributed by atoms with Gasteiger partial charge in [-0.15, -0.1) is 11.3 Å². The first-order valence-electron chi connectivity index (χ1n) is 8.23. The molecular weight excluding hydrogens is 384 g/mol. The number of anilines is 2. The van der Waals surface area contributed by atoms with E-state index in [1.165, 1.54) is 21.1 Å². The molecule has 8 nitrogen and oxygen atoms in total. The van der Waals surface area contributed by atoms with Crippen molar-refractivity contribution >= 4 is 45.7 Å². The molecule has 0 bridgehead atoms. The van der Waals surface area contributed by atoms with Gasteiger partial charge in [0.15, 0.2) is 5.78 Å². The zero-order valence-electron chi connectivity index (χ0n) is 15.9. The number of carbonyl (C=O) groups is 4. The minimum Gasteiger partial charge on any atom is -0.465 e. The van der Waals surface area contributed by atoms with Crippen molar-refractivity contribution < 1.29 is 28.7 Å². The lowest BCUT2D eigenvalue weighted by Gasteiger charge is -2.08. The minimum absolute atomic E-state index is 0.0471. The van der Waals surface area contributed by atoms with Crippen molar-refractivity contribution in [1.82, 2.24) is 0 Å². The number of nitrogens with one attached hydrogen (secondary N) is 2. The van der Waals surface area contributed by atoms with Gasteiger partial charge in [0.2, 0.25) is 5.91 Å². The summed E-state index contributed by atoms with van der Waals surface area (Å²) >= 11 is 0.945. The molecule has 1 heterocycles. The van der Waals surface area contributed by atoms with Crippen LogP contribution in [0.5, 0.6) is 0 Å². The normalized spacial score (nSPS) is 10.1. The zero-order valence-corrected chi connectivity index (χ0v) is 16.7. The van der Waals surface area contributed by atoms with Crippen LogP contribution in [0.1, 0.15) is 42.9 Å². The Labute approximate surface area is 165 Å². The van der Waals surface area contributed by atoms with Crippen molar-refractivity contribution in [3.63, 3.8) is 0 Å². The van der Waals surface area contributed by atoms with Gasteiger partial charge in [-0.25, -0.2) is 9.59 Å². The van der Waals surface area contributed by atoms with Crippen molar-refractivity contribution in [3.05, 3.63) is 45.8 Å². The lowest BCUT2D eigenvalue weighted by Crippen LogP contribution is -2.22. The van der Waals surface area contributed by atoms with Gasteiger partial charge in [-0.1, -0.05) is 0 Å². The lowest BCUT2D eigenvalue weighted by atomic mass is 10.1. The Morgan fingerprint density at radius 3 is 2.14 bits per heavy atom. The van der Waals surface area contributed by atoms with E-state index in [2.05, 4.69) is 10.6 Å². The van der Waals surface area contributed by atoms with E-state index in [-0.39, 0.29) is 27.8 Å². The number of ketones is 1. The average molecular weight is 404 g/mol. The van der Waals surface area contributed by atoms with Gasteiger partial charge >= 0.3 is 11.9 Å². The Balaban J connectivity index is 2.13. The summed E-state index contributed by atoms with van der Waals surface area (Å²) in [6.07, 6.45) is 0. The molecule has 0 aliphatic heterocycles. The van der Waals surface area contributed by atoms with Crippen molar-refractivity contribution in [2.75, 3.05) is 31.4 Å². The van der Waals surface area contributed by atoms with E-state index in [9.17, 15) is 19.2 Å². The van der Waals surface area contributed by atoms with E-state index >= 15 is 0 Å². The maximum absolute atomic E-state index is 12.3. The molecule has 2 N–H and O–H groups in total. The number of rotatable bonds is 7. The predicted octanol–water partition coefficient (Wildman–Crippen LogP) is 2.88. The largest absolute Gasteiger partial charge is 0.465 e. The topological polar surface area (TPSA) is 111 Å². The second kappa shape index (κ2) is 9.14. The SMILES string of the molecule is COC(=O)c1sc(NC(=O)CNc2ccc(C(C)=O)cc2)c(C(=O)OC)c1C. The summed E-state index contributed by atoms with van der Waals surface area (Å²) < 4.78 is 9.45. The van der Waals surface area contributed by atoms with Gasteiger partial charge in [-0.05, 0) is 43.7 Å². The second-order valence-corrected chi connectivity index (χ2v) is 6.80. The number of amides is 1. The summed E-state index contributed by atoms with van der Waals surface area (Å²) in [6, 6.07) is 6.69. The molecule has 0 unspecified atom stereocenters. The van der Waals surface area contributed by atoms with Gasteiger partial charge in [-0.2, -0.15) is 0 Å². The number of carbonyl (C=O) groups excluding carboxylic acids is 4. The Kier molecular flexibility index (Phi) is 6.89. The smallest absolute Gasteiger partial charge is 0.348 e. The number of hydrogen-bond donors (Lipinski definition) is 2. The van der Waals surface area contributed by atoms with Crippen LogP contribution in [-0.4, -0.2) is 44.4 Å². The van der Waals surface area contributed by atoms with Crippen LogP contribution in [0.25, 0.3) is 0 Å². The first-order chi connectivity index (χ1) is 13.3. The van der Waals surface area contributed by atoms with Crippen molar-refractivity contribution in [2.45, 2.75) is 13.8 Å². The van der Waals surface area contributed by atoms with Crippen LogP contribution >= 0.6 is 11.3 Å². The van der Waals surface area contributed by atoms with E-state index in [1.807, 2.05) is 0 Å². The molecule has 0 saturated heterocycles. The number of methoxy groups -OCH3 is 2. The van der Waals surface area contributed by atoms with Crippen molar-refractivity contribution in [2.24, 2.45) is 0 Å². The van der Waals surface area contributed by atoms with Gasteiger partial charge in [0.1, 0.15) is 9.88 Å². The Bertz CT molecular complexity index is 917. The van der Waals surface area contributed by atoms with Gasteiger partial charge in [0.25, 0.3) is 0 Å². The minimum atomic E-state index is -0.660. The number of benzene rings is 1. The molecule has 1 aromatic carbocycles. The molecular formula is C19H20N2O6S.